The molecule has 0 aromatic heterocycles. The molecule has 2 heteroatoms. The van der Waals surface area contributed by atoms with Crippen LogP contribution in [0.5, 0.6) is 11.5 Å². The molecule has 0 fully saturated rings. The fourth-order valence-electron chi connectivity index (χ4n) is 4.19. The molecule has 2 nitrogen and oxygen atoms in total. The maximum atomic E-state index is 10.5. The first kappa shape index (κ1) is 20.0. The molecule has 28 heavy (non-hydrogen) atoms. The lowest BCUT2D eigenvalue weighted by molar-refractivity contribution is 0.278. The van der Waals surface area contributed by atoms with E-state index >= 15 is 0 Å². The van der Waals surface area contributed by atoms with Gasteiger partial charge in [-0.2, -0.15) is 0 Å². The van der Waals surface area contributed by atoms with Gasteiger partial charge in [0.1, 0.15) is 11.5 Å². The Hall–Kier alpha value is -2.74. The smallest absolute Gasteiger partial charge is 0.119 e. The van der Waals surface area contributed by atoms with Gasteiger partial charge in [0, 0.05) is 5.56 Å². The van der Waals surface area contributed by atoms with Crippen LogP contribution in [0.3, 0.4) is 0 Å². The van der Waals surface area contributed by atoms with E-state index in [2.05, 4.69) is 65.0 Å². The van der Waals surface area contributed by atoms with Gasteiger partial charge in [-0.25, -0.2) is 0 Å². The predicted molar refractivity (Wildman–Crippen MR) is 118 cm³/mol. The van der Waals surface area contributed by atoms with Crippen LogP contribution in [0.2, 0.25) is 0 Å². The highest BCUT2D eigenvalue weighted by molar-refractivity contribution is 5.71. The number of hydrogen-bond acceptors (Lipinski definition) is 2. The van der Waals surface area contributed by atoms with Crippen molar-refractivity contribution in [2.24, 2.45) is 5.41 Å². The first-order chi connectivity index (χ1) is 13.0. The minimum Gasteiger partial charge on any atom is -0.508 e. The van der Waals surface area contributed by atoms with Gasteiger partial charge < -0.3 is 10.2 Å². The summed E-state index contributed by atoms with van der Waals surface area (Å²) in [5.74, 6) is 0.633. The van der Waals surface area contributed by atoms with Gasteiger partial charge in [-0.3, -0.25) is 0 Å². The second kappa shape index (κ2) is 7.35. The molecule has 0 amide bonds. The van der Waals surface area contributed by atoms with Gasteiger partial charge in [0.2, 0.25) is 0 Å². The van der Waals surface area contributed by atoms with Crippen molar-refractivity contribution in [3.05, 3.63) is 72.3 Å². The average molecular weight is 375 g/mol. The van der Waals surface area contributed by atoms with Crippen LogP contribution in [0.1, 0.15) is 46.6 Å². The number of aromatic hydroxyl groups is 2. The third kappa shape index (κ3) is 4.56. The van der Waals surface area contributed by atoms with Gasteiger partial charge >= 0.3 is 0 Å². The molecule has 2 N–H and O–H groups in total. The molecule has 0 atom stereocenters. The minimum absolute atomic E-state index is 0.121. The normalized spacial score (nSPS) is 12.2. The summed E-state index contributed by atoms with van der Waals surface area (Å²) < 4.78 is 0. The summed E-state index contributed by atoms with van der Waals surface area (Å²) in [7, 11) is 0. The van der Waals surface area contributed by atoms with Crippen LogP contribution < -0.4 is 0 Å². The van der Waals surface area contributed by atoms with Crippen LogP contribution >= 0.6 is 0 Å². The second-order valence-electron chi connectivity index (χ2n) is 9.48. The topological polar surface area (TPSA) is 40.5 Å². The van der Waals surface area contributed by atoms with Crippen molar-refractivity contribution in [3.8, 4) is 33.8 Å². The molecular weight excluding hydrogens is 344 g/mol. The number of rotatable bonds is 4. The zero-order chi connectivity index (χ0) is 20.5. The molecule has 0 aliphatic carbocycles. The summed E-state index contributed by atoms with van der Waals surface area (Å²) >= 11 is 0. The predicted octanol–water partition coefficient (Wildman–Crippen LogP) is 7.15. The molecule has 0 unspecified atom stereocenters. The molecule has 0 saturated heterocycles. The van der Waals surface area contributed by atoms with Gasteiger partial charge in [0.05, 0.1) is 0 Å². The molecular formula is C26H30O2. The number of hydrogen-bond donors (Lipinski definition) is 2. The fraction of sp³-hybridized carbons (Fsp3) is 0.308. The van der Waals surface area contributed by atoms with E-state index in [1.807, 2.05) is 24.3 Å². The standard InChI is InChI=1S/C26H30O2/c1-25(2,3)17-26(4,5)23-16-21(12-15-24(23)28)20-8-6-18(7-9-20)19-10-13-22(27)14-11-19/h6-16,27-28H,17H2,1-5H3. The van der Waals surface area contributed by atoms with E-state index in [0.29, 0.717) is 5.75 Å². The second-order valence-corrected chi connectivity index (χ2v) is 9.48. The molecule has 0 spiro atoms. The Morgan fingerprint density at radius 2 is 1.04 bits per heavy atom. The van der Waals surface area contributed by atoms with E-state index in [9.17, 15) is 10.2 Å². The molecule has 0 bridgehead atoms. The van der Waals surface area contributed by atoms with Gasteiger partial charge in [-0.15, -0.1) is 0 Å². The highest BCUT2D eigenvalue weighted by atomic mass is 16.3. The van der Waals surface area contributed by atoms with E-state index < -0.39 is 0 Å². The van der Waals surface area contributed by atoms with Crippen molar-refractivity contribution in [2.45, 2.75) is 46.5 Å². The van der Waals surface area contributed by atoms with Gasteiger partial charge in [0.15, 0.2) is 0 Å². The lowest BCUT2D eigenvalue weighted by atomic mass is 9.71. The summed E-state index contributed by atoms with van der Waals surface area (Å²) in [6.07, 6.45) is 0.983. The Morgan fingerprint density at radius 3 is 1.54 bits per heavy atom. The minimum atomic E-state index is -0.121. The molecule has 0 aliphatic rings. The Morgan fingerprint density at radius 1 is 0.607 bits per heavy atom. The highest BCUT2D eigenvalue weighted by Gasteiger charge is 2.29. The summed E-state index contributed by atoms with van der Waals surface area (Å²) in [6.45, 7) is 11.1. The highest BCUT2D eigenvalue weighted by Crippen LogP contribution is 2.41. The van der Waals surface area contributed by atoms with E-state index in [0.717, 1.165) is 34.2 Å². The maximum absolute atomic E-state index is 10.5. The average Bonchev–Trinajstić information content (AvgIpc) is 2.61. The zero-order valence-corrected chi connectivity index (χ0v) is 17.5. The third-order valence-electron chi connectivity index (χ3n) is 5.12. The zero-order valence-electron chi connectivity index (χ0n) is 17.5. The van der Waals surface area contributed by atoms with Crippen LogP contribution in [0.4, 0.5) is 0 Å². The molecule has 3 aromatic rings. The van der Waals surface area contributed by atoms with Crippen LogP contribution in [0, 0.1) is 5.41 Å². The summed E-state index contributed by atoms with van der Waals surface area (Å²) in [4.78, 5) is 0. The molecule has 3 aromatic carbocycles. The maximum Gasteiger partial charge on any atom is 0.119 e. The first-order valence-corrected chi connectivity index (χ1v) is 9.79. The Labute approximate surface area is 168 Å². The van der Waals surface area contributed by atoms with Gasteiger partial charge in [0.25, 0.3) is 0 Å². The molecule has 0 aliphatic heterocycles. The van der Waals surface area contributed by atoms with Crippen molar-refractivity contribution in [1.82, 2.24) is 0 Å². The molecule has 3 rings (SSSR count). The lowest BCUT2D eigenvalue weighted by Crippen LogP contribution is -2.25. The Kier molecular flexibility index (Phi) is 5.25. The van der Waals surface area contributed by atoms with E-state index in [4.69, 9.17) is 0 Å². The van der Waals surface area contributed by atoms with E-state index in [1.54, 1.807) is 12.1 Å². The molecule has 0 saturated carbocycles. The van der Waals surface area contributed by atoms with Crippen molar-refractivity contribution in [1.29, 1.82) is 0 Å². The summed E-state index contributed by atoms with van der Waals surface area (Å²) in [6, 6.07) is 21.5. The largest absolute Gasteiger partial charge is 0.508 e. The van der Waals surface area contributed by atoms with Crippen molar-refractivity contribution in [3.63, 3.8) is 0 Å². The molecule has 0 heterocycles. The fourth-order valence-corrected chi connectivity index (χ4v) is 4.19. The van der Waals surface area contributed by atoms with Crippen LogP contribution in [0.15, 0.2) is 66.7 Å². The van der Waals surface area contributed by atoms with Crippen LogP contribution in [0.25, 0.3) is 22.3 Å². The number of phenols is 2. The summed E-state index contributed by atoms with van der Waals surface area (Å²) in [5.41, 5.74) is 5.45. The van der Waals surface area contributed by atoms with Crippen molar-refractivity contribution >= 4 is 0 Å². The molecule has 0 radical (unpaired) electrons. The first-order valence-electron chi connectivity index (χ1n) is 9.79. The summed E-state index contributed by atoms with van der Waals surface area (Å²) in [5, 5.41) is 20.0. The van der Waals surface area contributed by atoms with E-state index in [1.165, 1.54) is 0 Å². The lowest BCUT2D eigenvalue weighted by Gasteiger charge is -2.33. The van der Waals surface area contributed by atoms with Crippen molar-refractivity contribution in [2.75, 3.05) is 0 Å². The number of phenolic OH excluding ortho intramolecular Hbond substituents is 2. The monoisotopic (exact) mass is 374 g/mol. The molecule has 146 valence electrons. The number of benzene rings is 3. The Bertz CT molecular complexity index is 943. The third-order valence-corrected chi connectivity index (χ3v) is 5.12. The van der Waals surface area contributed by atoms with Crippen LogP contribution in [-0.2, 0) is 5.41 Å². The van der Waals surface area contributed by atoms with Gasteiger partial charge in [-0.05, 0) is 63.8 Å². The van der Waals surface area contributed by atoms with E-state index in [-0.39, 0.29) is 16.6 Å². The Balaban J connectivity index is 1.93. The quantitative estimate of drug-likeness (QED) is 0.509. The SMILES string of the molecule is CC(C)(C)CC(C)(C)c1cc(-c2ccc(-c3ccc(O)cc3)cc2)ccc1O. The van der Waals surface area contributed by atoms with Gasteiger partial charge in [-0.1, -0.05) is 77.1 Å². The van der Waals surface area contributed by atoms with Crippen molar-refractivity contribution < 1.29 is 10.2 Å². The van der Waals surface area contributed by atoms with Crippen LogP contribution in [-0.4, -0.2) is 10.2 Å².